The number of nitrogens with zero attached hydrogens (tertiary/aromatic N) is 2. The summed E-state index contributed by atoms with van der Waals surface area (Å²) in [7, 11) is 0. The van der Waals surface area contributed by atoms with Crippen LogP contribution in [0.2, 0.25) is 0 Å². The van der Waals surface area contributed by atoms with Crippen molar-refractivity contribution in [1.29, 1.82) is 0 Å². The van der Waals surface area contributed by atoms with Crippen LogP contribution in [0.1, 0.15) is 181 Å². The standard InChI is InChI=1S/C26H40N2O2.C23H37BrO2/c1-4-26(30)12-11-24(2)18(15-26)5-6-19-20-7-8-22(25(20,3)10-9-21(19)24)23(29)16-28-14-13-27-17-28;1-4-23(26)12-11-21(2)15(13-23)5-6-16-17-7-8-19(20(25)14-24)22(17,3)10-9-18(16)21/h13-14,17-22,30H,4-12,15-16H2,1-3H3;15-19,26H,4-14H2,1-3H3/t18-,19-,20-,21-,22+,24-,25-,26+;15-,16-,17-,18-,19+,21-,22-,23+/m00/s1/i13D,14D,16D,17D,22D;14D2,19D/t16?,18-,19-,20-,21-,22+,24-,25-,26+;m. The van der Waals surface area contributed by atoms with Crippen LogP contribution in [0.5, 0.6) is 0 Å². The van der Waals surface area contributed by atoms with Crippen molar-refractivity contribution in [1.82, 2.24) is 9.55 Å². The molecule has 0 radical (unpaired) electrons. The van der Waals surface area contributed by atoms with Crippen molar-refractivity contribution < 1.29 is 30.8 Å². The monoisotopic (exact) mass is 845 g/mol. The van der Waals surface area contributed by atoms with Crippen molar-refractivity contribution >= 4 is 27.5 Å². The van der Waals surface area contributed by atoms with Crippen molar-refractivity contribution in [3.05, 3.63) is 18.6 Å². The third kappa shape index (κ3) is 6.71. The summed E-state index contributed by atoms with van der Waals surface area (Å²) in [5.74, 6) is -0.0832. The summed E-state index contributed by atoms with van der Waals surface area (Å²) in [6.07, 6.45) is 16.7. The van der Waals surface area contributed by atoms with Crippen molar-refractivity contribution in [2.75, 3.05) is 5.28 Å². The Balaban J connectivity index is 0.000000178. The van der Waals surface area contributed by atoms with Crippen LogP contribution in [0.4, 0.5) is 0 Å². The second-order valence-corrected chi connectivity index (χ2v) is 21.9. The maximum absolute atomic E-state index is 13.7. The SMILES string of the molecule is [2H]C([2H])(Br)C(=O)[C@@]1([2H])CC[C@H]2[C@@H]3CC[C@H]4C[C@@](O)(CC)CC[C@]4(C)[C@H]3CC[C@@]21C.[2H]c1nc([2H])n(C([2H])C(=O)[C@@]2([2H])CC[C@H]3[C@@H]4CC[C@H]5C[C@@](O)(CC)CC[C@]5(C)[C@H]4CC[C@@]32C)c1[2H]. The lowest BCUT2D eigenvalue weighted by atomic mass is 9.43. The average molecular weight is 846 g/mol. The molecule has 2 N–H and O–H groups in total. The maximum Gasteiger partial charge on any atom is 0.156 e. The molecule has 1 aromatic rings. The highest BCUT2D eigenvalue weighted by Crippen LogP contribution is 2.70. The van der Waals surface area contributed by atoms with Crippen LogP contribution in [-0.2, 0) is 16.1 Å². The number of rotatable bonds is 7. The molecule has 8 saturated carbocycles. The number of carbonyl (C=O) groups is 2. The van der Waals surface area contributed by atoms with Gasteiger partial charge >= 0.3 is 0 Å². The molecule has 8 aliphatic carbocycles. The second kappa shape index (κ2) is 15.1. The second-order valence-electron chi connectivity index (χ2n) is 21.5. The molecular weight excluding hydrogens is 760 g/mol. The van der Waals surface area contributed by atoms with E-state index in [1.807, 2.05) is 0 Å². The number of alkyl halides is 1. The minimum atomic E-state index is -2.12. The zero-order valence-corrected chi connectivity index (χ0v) is 36.9. The van der Waals surface area contributed by atoms with Crippen molar-refractivity contribution in [2.24, 2.45) is 80.8 Å². The van der Waals surface area contributed by atoms with E-state index in [4.69, 9.17) is 9.60 Å². The van der Waals surface area contributed by atoms with Gasteiger partial charge in [0.1, 0.15) is 7.15 Å². The number of Topliss-reactive ketones (excluding diaryl/α,β-unsaturated/α-hetero) is 2. The zero-order chi connectivity index (χ0) is 47.0. The Morgan fingerprint density at radius 1 is 0.696 bits per heavy atom. The first kappa shape index (κ1) is 32.7. The minimum Gasteiger partial charge on any atom is -0.390 e. The fourth-order valence-corrected chi connectivity index (χ4v) is 16.4. The molecule has 6 nitrogen and oxygen atoms in total. The van der Waals surface area contributed by atoms with Crippen molar-refractivity contribution in [3.8, 4) is 0 Å². The van der Waals surface area contributed by atoms with E-state index in [1.54, 1.807) is 0 Å². The predicted molar refractivity (Wildman–Crippen MR) is 227 cm³/mol. The summed E-state index contributed by atoms with van der Waals surface area (Å²) >= 11 is 2.91. The number of aliphatic hydroxyl groups is 2. The van der Waals surface area contributed by atoms with Crippen LogP contribution in [0.3, 0.4) is 0 Å². The Kier molecular flexibility index (Phi) is 8.84. The van der Waals surface area contributed by atoms with Crippen LogP contribution >= 0.6 is 15.9 Å². The molecule has 7 heteroatoms. The molecule has 0 amide bonds. The van der Waals surface area contributed by atoms with Gasteiger partial charge in [-0.05, 0) is 197 Å². The Labute approximate surface area is 359 Å². The fourth-order valence-electron chi connectivity index (χ4n) is 16.2. The molecule has 1 heterocycles. The quantitative estimate of drug-likeness (QED) is 0.267. The number of halogens is 1. The Morgan fingerprint density at radius 3 is 1.59 bits per heavy atom. The van der Waals surface area contributed by atoms with Gasteiger partial charge in [-0.3, -0.25) is 9.59 Å². The van der Waals surface area contributed by atoms with Crippen molar-refractivity contribution in [3.63, 3.8) is 0 Å². The number of aromatic nitrogens is 2. The van der Waals surface area contributed by atoms with E-state index in [2.05, 4.69) is 62.5 Å². The maximum atomic E-state index is 13.7. The fraction of sp³-hybridized carbons (Fsp3) is 0.898. The molecule has 17 atom stereocenters. The molecule has 56 heavy (non-hydrogen) atoms. The van der Waals surface area contributed by atoms with Gasteiger partial charge in [0.25, 0.3) is 0 Å². The summed E-state index contributed by atoms with van der Waals surface area (Å²) in [6.45, 7) is 11.7. The predicted octanol–water partition coefficient (Wildman–Crippen LogP) is 11.0. The number of ketones is 2. The van der Waals surface area contributed by atoms with E-state index in [1.165, 1.54) is 0 Å². The Hall–Kier alpha value is -1.05. The van der Waals surface area contributed by atoms with E-state index in [9.17, 15) is 21.2 Å². The largest absolute Gasteiger partial charge is 0.390 e. The Morgan fingerprint density at radius 2 is 1.16 bits per heavy atom. The first-order chi connectivity index (χ1) is 29.6. The van der Waals surface area contributed by atoms with Gasteiger partial charge in [-0.25, -0.2) is 4.98 Å². The van der Waals surface area contributed by atoms with Gasteiger partial charge in [-0.1, -0.05) is 57.5 Å². The normalized spacial score (nSPS) is 56.0. The van der Waals surface area contributed by atoms with E-state index in [-0.39, 0.29) is 16.7 Å². The van der Waals surface area contributed by atoms with E-state index in [0.717, 1.165) is 120 Å². The first-order valence-corrected chi connectivity index (χ1v) is 23.6. The highest BCUT2D eigenvalue weighted by atomic mass is 79.9. The van der Waals surface area contributed by atoms with Crippen LogP contribution in [0.25, 0.3) is 0 Å². The molecule has 314 valence electrons. The van der Waals surface area contributed by atoms with Gasteiger partial charge in [0.05, 0.1) is 33.4 Å². The van der Waals surface area contributed by atoms with Gasteiger partial charge in [-0.15, -0.1) is 0 Å². The third-order valence-corrected chi connectivity index (χ3v) is 20.2. The molecule has 0 aromatic carbocycles. The summed E-state index contributed by atoms with van der Waals surface area (Å²) in [6, 6.07) is 0. The summed E-state index contributed by atoms with van der Waals surface area (Å²) in [5, 5.41) is 19.8. The molecular formula is C49H77BrN2O4. The average Bonchev–Trinajstić information content (AvgIpc) is 3.80. The molecule has 0 bridgehead atoms. The number of fused-ring (bicyclic) bond motifs is 10. The molecule has 8 aliphatic rings. The zero-order valence-electron chi connectivity index (χ0n) is 43.3. The van der Waals surface area contributed by atoms with Gasteiger partial charge in [0, 0.05) is 29.6 Å². The number of hydrogen-bond acceptors (Lipinski definition) is 5. The van der Waals surface area contributed by atoms with Crippen LogP contribution in [-0.4, -0.2) is 47.8 Å². The summed E-state index contributed by atoms with van der Waals surface area (Å²) in [5.41, 5.74) is -1.54. The number of carbonyl (C=O) groups excluding carboxylic acids is 2. The topological polar surface area (TPSA) is 92.4 Å². The molecule has 1 aromatic heterocycles. The summed E-state index contributed by atoms with van der Waals surface area (Å²) in [4.78, 5) is 30.3. The third-order valence-electron chi connectivity index (χ3n) is 19.8. The van der Waals surface area contributed by atoms with E-state index >= 15 is 0 Å². The molecule has 0 spiro atoms. The van der Waals surface area contributed by atoms with E-state index < -0.39 is 75.8 Å². The van der Waals surface area contributed by atoms with Crippen LogP contribution in [0, 0.1) is 80.8 Å². The summed E-state index contributed by atoms with van der Waals surface area (Å²) < 4.78 is 67.5. The smallest absolute Gasteiger partial charge is 0.156 e. The molecule has 0 saturated heterocycles. The Bertz CT molecular complexity index is 2000. The minimum absolute atomic E-state index is 0.197. The van der Waals surface area contributed by atoms with Gasteiger partial charge in [0.15, 0.2) is 5.78 Å². The molecule has 0 aliphatic heterocycles. The van der Waals surface area contributed by atoms with Gasteiger partial charge in [0.2, 0.25) is 0 Å². The van der Waals surface area contributed by atoms with Gasteiger partial charge < -0.3 is 14.8 Å². The lowest BCUT2D eigenvalue weighted by Crippen LogP contribution is -2.56. The molecule has 8 fully saturated rings. The highest BCUT2D eigenvalue weighted by Gasteiger charge is 2.63. The lowest BCUT2D eigenvalue weighted by molar-refractivity contribution is -0.154. The molecule has 1 unspecified atom stereocenters. The molecule has 9 rings (SSSR count). The van der Waals surface area contributed by atoms with Gasteiger partial charge in [-0.2, -0.15) is 0 Å². The van der Waals surface area contributed by atoms with Crippen LogP contribution in [0.15, 0.2) is 18.6 Å². The number of imidazole rings is 1. The van der Waals surface area contributed by atoms with Crippen LogP contribution < -0.4 is 0 Å². The highest BCUT2D eigenvalue weighted by molar-refractivity contribution is 9.09. The number of hydrogen-bond donors (Lipinski definition) is 2. The van der Waals surface area contributed by atoms with Crippen molar-refractivity contribution in [2.45, 2.75) is 188 Å². The first-order valence-electron chi connectivity index (χ1n) is 26.9. The lowest BCUT2D eigenvalue weighted by Gasteiger charge is -2.62. The van der Waals surface area contributed by atoms with E-state index in [0.29, 0.717) is 54.3 Å².